The Morgan fingerprint density at radius 1 is 1.05 bits per heavy atom. The highest BCUT2D eigenvalue weighted by Crippen LogP contribution is 2.22. The molecule has 22 heavy (non-hydrogen) atoms. The van der Waals surface area contributed by atoms with Gasteiger partial charge in [-0.25, -0.2) is 4.79 Å². The van der Waals surface area contributed by atoms with Crippen molar-refractivity contribution in [2.24, 2.45) is 0 Å². The molecule has 0 unspecified atom stereocenters. The smallest absolute Gasteiger partial charge is 0.337 e. The standard InChI is InChI=1S/C19H22O3/c1-14-6-4-7-15(12-14)8-5-9-16-13-17(19(20)22-3)10-11-18(16)21-2/h4,6-7,10-13H,5,8-9H2,1-3H3. The molecular formula is C19H22O3. The van der Waals surface area contributed by atoms with Gasteiger partial charge in [-0.15, -0.1) is 0 Å². The maximum atomic E-state index is 11.6. The highest BCUT2D eigenvalue weighted by molar-refractivity contribution is 5.89. The highest BCUT2D eigenvalue weighted by atomic mass is 16.5. The van der Waals surface area contributed by atoms with E-state index < -0.39 is 0 Å². The van der Waals surface area contributed by atoms with E-state index in [-0.39, 0.29) is 5.97 Å². The third-order valence-corrected chi connectivity index (χ3v) is 3.70. The lowest BCUT2D eigenvalue weighted by atomic mass is 10.0. The third-order valence-electron chi connectivity index (χ3n) is 3.70. The van der Waals surface area contributed by atoms with Crippen molar-refractivity contribution in [2.75, 3.05) is 14.2 Å². The van der Waals surface area contributed by atoms with Crippen LogP contribution in [0.2, 0.25) is 0 Å². The van der Waals surface area contributed by atoms with Gasteiger partial charge < -0.3 is 9.47 Å². The molecule has 0 aliphatic carbocycles. The van der Waals surface area contributed by atoms with Gasteiger partial charge >= 0.3 is 5.97 Å². The lowest BCUT2D eigenvalue weighted by molar-refractivity contribution is 0.0600. The molecule has 3 heteroatoms. The average molecular weight is 298 g/mol. The molecule has 0 fully saturated rings. The number of hydrogen-bond acceptors (Lipinski definition) is 3. The number of benzene rings is 2. The van der Waals surface area contributed by atoms with Crippen LogP contribution in [0, 0.1) is 6.92 Å². The Morgan fingerprint density at radius 3 is 2.55 bits per heavy atom. The van der Waals surface area contributed by atoms with Crippen LogP contribution < -0.4 is 4.74 Å². The molecule has 0 heterocycles. The van der Waals surface area contributed by atoms with Gasteiger partial charge in [-0.05, 0) is 55.5 Å². The zero-order chi connectivity index (χ0) is 15.9. The molecular weight excluding hydrogens is 276 g/mol. The first kappa shape index (κ1) is 16.1. The minimum Gasteiger partial charge on any atom is -0.496 e. The molecule has 0 amide bonds. The summed E-state index contributed by atoms with van der Waals surface area (Å²) in [6.07, 6.45) is 2.87. The maximum Gasteiger partial charge on any atom is 0.337 e. The highest BCUT2D eigenvalue weighted by Gasteiger charge is 2.10. The van der Waals surface area contributed by atoms with Crippen LogP contribution in [-0.4, -0.2) is 20.2 Å². The zero-order valence-corrected chi connectivity index (χ0v) is 13.4. The van der Waals surface area contributed by atoms with E-state index in [1.165, 1.54) is 18.2 Å². The second kappa shape index (κ2) is 7.64. The normalized spacial score (nSPS) is 10.3. The van der Waals surface area contributed by atoms with E-state index in [1.807, 2.05) is 12.1 Å². The van der Waals surface area contributed by atoms with Crippen LogP contribution in [0.15, 0.2) is 42.5 Å². The lowest BCUT2D eigenvalue weighted by Crippen LogP contribution is -2.03. The van der Waals surface area contributed by atoms with Crippen molar-refractivity contribution >= 4 is 5.97 Å². The fraction of sp³-hybridized carbons (Fsp3) is 0.316. The summed E-state index contributed by atoms with van der Waals surface area (Å²) in [5.74, 6) is 0.500. The second-order valence-corrected chi connectivity index (χ2v) is 5.36. The molecule has 116 valence electrons. The molecule has 2 rings (SSSR count). The van der Waals surface area contributed by atoms with Gasteiger partial charge in [0.15, 0.2) is 0 Å². The molecule has 3 nitrogen and oxygen atoms in total. The summed E-state index contributed by atoms with van der Waals surface area (Å²) in [6.45, 7) is 2.10. The van der Waals surface area contributed by atoms with E-state index >= 15 is 0 Å². The Morgan fingerprint density at radius 2 is 1.86 bits per heavy atom. The van der Waals surface area contributed by atoms with Crippen molar-refractivity contribution in [2.45, 2.75) is 26.2 Å². The van der Waals surface area contributed by atoms with Crippen molar-refractivity contribution in [3.05, 3.63) is 64.7 Å². The van der Waals surface area contributed by atoms with Crippen LogP contribution in [0.25, 0.3) is 0 Å². The molecule has 0 aliphatic rings. The van der Waals surface area contributed by atoms with Crippen LogP contribution in [-0.2, 0) is 17.6 Å². The van der Waals surface area contributed by atoms with Crippen LogP contribution in [0.5, 0.6) is 5.75 Å². The summed E-state index contributed by atoms with van der Waals surface area (Å²) in [4.78, 5) is 11.6. The first-order chi connectivity index (χ1) is 10.6. The van der Waals surface area contributed by atoms with Crippen LogP contribution in [0.4, 0.5) is 0 Å². The quantitative estimate of drug-likeness (QED) is 0.757. The van der Waals surface area contributed by atoms with Crippen molar-refractivity contribution in [3.63, 3.8) is 0 Å². The topological polar surface area (TPSA) is 35.5 Å². The van der Waals surface area contributed by atoms with E-state index in [1.54, 1.807) is 13.2 Å². The maximum absolute atomic E-state index is 11.6. The zero-order valence-electron chi connectivity index (χ0n) is 13.4. The molecule has 0 bridgehead atoms. The summed E-state index contributed by atoms with van der Waals surface area (Å²) in [6, 6.07) is 14.0. The predicted octanol–water partition coefficient (Wildman–Crippen LogP) is 3.97. The predicted molar refractivity (Wildman–Crippen MR) is 87.5 cm³/mol. The fourth-order valence-electron chi connectivity index (χ4n) is 2.57. The summed E-state index contributed by atoms with van der Waals surface area (Å²) < 4.78 is 10.2. The first-order valence-corrected chi connectivity index (χ1v) is 7.45. The number of aryl methyl sites for hydroxylation is 3. The number of carbonyl (C=O) groups excluding carboxylic acids is 1. The number of esters is 1. The van der Waals surface area contributed by atoms with Gasteiger partial charge in [-0.3, -0.25) is 0 Å². The Hall–Kier alpha value is -2.29. The Kier molecular flexibility index (Phi) is 5.59. The summed E-state index contributed by atoms with van der Waals surface area (Å²) in [5.41, 5.74) is 4.22. The summed E-state index contributed by atoms with van der Waals surface area (Å²) in [7, 11) is 3.04. The molecule has 0 radical (unpaired) electrons. The Bertz CT molecular complexity index is 647. The van der Waals surface area contributed by atoms with Crippen LogP contribution in [0.3, 0.4) is 0 Å². The number of carbonyl (C=O) groups is 1. The minimum atomic E-state index is -0.317. The number of hydrogen-bond donors (Lipinski definition) is 0. The molecule has 2 aromatic carbocycles. The Labute approximate surface area is 131 Å². The molecule has 0 saturated heterocycles. The molecule has 0 atom stereocenters. The molecule has 0 saturated carbocycles. The molecule has 0 aliphatic heterocycles. The first-order valence-electron chi connectivity index (χ1n) is 7.45. The van der Waals surface area contributed by atoms with Crippen molar-refractivity contribution in [1.82, 2.24) is 0 Å². The van der Waals surface area contributed by atoms with E-state index in [0.29, 0.717) is 5.56 Å². The van der Waals surface area contributed by atoms with Gasteiger partial charge in [0.2, 0.25) is 0 Å². The number of methoxy groups -OCH3 is 2. The third kappa shape index (κ3) is 4.10. The number of ether oxygens (including phenoxy) is 2. The SMILES string of the molecule is COC(=O)c1ccc(OC)c(CCCc2cccc(C)c2)c1. The second-order valence-electron chi connectivity index (χ2n) is 5.36. The monoisotopic (exact) mass is 298 g/mol. The largest absolute Gasteiger partial charge is 0.496 e. The van der Waals surface area contributed by atoms with Crippen molar-refractivity contribution in [3.8, 4) is 5.75 Å². The van der Waals surface area contributed by atoms with Gasteiger partial charge in [0.1, 0.15) is 5.75 Å². The van der Waals surface area contributed by atoms with E-state index in [9.17, 15) is 4.79 Å². The number of rotatable bonds is 6. The lowest BCUT2D eigenvalue weighted by Gasteiger charge is -2.10. The average Bonchev–Trinajstić information content (AvgIpc) is 2.54. The van der Waals surface area contributed by atoms with Gasteiger partial charge in [0.25, 0.3) is 0 Å². The van der Waals surface area contributed by atoms with Crippen molar-refractivity contribution < 1.29 is 14.3 Å². The van der Waals surface area contributed by atoms with Crippen LogP contribution >= 0.6 is 0 Å². The van der Waals surface area contributed by atoms with Gasteiger partial charge in [-0.1, -0.05) is 29.8 Å². The molecule has 0 spiro atoms. The Balaban J connectivity index is 2.06. The molecule has 0 aromatic heterocycles. The molecule has 0 N–H and O–H groups in total. The fourth-order valence-corrected chi connectivity index (χ4v) is 2.57. The van der Waals surface area contributed by atoms with E-state index in [4.69, 9.17) is 9.47 Å². The molecule has 2 aromatic rings. The van der Waals surface area contributed by atoms with Crippen molar-refractivity contribution in [1.29, 1.82) is 0 Å². The van der Waals surface area contributed by atoms with E-state index in [2.05, 4.69) is 31.2 Å². The van der Waals surface area contributed by atoms with E-state index in [0.717, 1.165) is 30.6 Å². The van der Waals surface area contributed by atoms with Crippen LogP contribution in [0.1, 0.15) is 33.5 Å². The minimum absolute atomic E-state index is 0.317. The van der Waals surface area contributed by atoms with Gasteiger partial charge in [0, 0.05) is 0 Å². The summed E-state index contributed by atoms with van der Waals surface area (Å²) >= 11 is 0. The van der Waals surface area contributed by atoms with Gasteiger partial charge in [-0.2, -0.15) is 0 Å². The van der Waals surface area contributed by atoms with Gasteiger partial charge in [0.05, 0.1) is 19.8 Å². The summed E-state index contributed by atoms with van der Waals surface area (Å²) in [5, 5.41) is 0.